The van der Waals surface area contributed by atoms with Crippen LogP contribution in [0, 0.1) is 29.4 Å². The van der Waals surface area contributed by atoms with E-state index < -0.39 is 11.6 Å². The molecule has 2 bridgehead atoms. The number of aromatic nitrogens is 2. The molecule has 0 amide bonds. The fraction of sp³-hybridized carbons (Fsp3) is 0.471. The summed E-state index contributed by atoms with van der Waals surface area (Å²) in [6.45, 7) is 8.30. The third-order valence-electron chi connectivity index (χ3n) is 9.87. The van der Waals surface area contributed by atoms with Crippen LogP contribution < -0.4 is 15.0 Å². The van der Waals surface area contributed by atoms with Crippen molar-refractivity contribution >= 4 is 38.1 Å². The zero-order valence-electron chi connectivity index (χ0n) is 24.8. The number of rotatable bonds is 7. The van der Waals surface area contributed by atoms with E-state index in [9.17, 15) is 0 Å². The lowest BCUT2D eigenvalue weighted by Crippen LogP contribution is -2.58. The zero-order valence-corrected chi connectivity index (χ0v) is 25.6. The molecule has 5 heterocycles. The first-order chi connectivity index (χ1) is 21.3. The molecule has 1 aliphatic carbocycles. The second-order valence-corrected chi connectivity index (χ2v) is 14.2. The number of terminal acetylenes is 1. The second-order valence-electron chi connectivity index (χ2n) is 13.2. The minimum Gasteiger partial charge on any atom is -0.463 e. The van der Waals surface area contributed by atoms with Gasteiger partial charge in [-0.25, -0.2) is 8.78 Å². The molecule has 8 rings (SSSR count). The molecule has 4 aliphatic rings. The second kappa shape index (κ2) is 10.6. The maximum atomic E-state index is 16.7. The monoisotopic (exact) mass is 615 g/mol. The molecule has 4 aromatic rings. The molecule has 10 heteroatoms. The highest BCUT2D eigenvalue weighted by Gasteiger charge is 2.46. The molecular formula is C34H35F2N5O2S. The predicted octanol–water partition coefficient (Wildman–Crippen LogP) is 5.59. The number of piperazine rings is 1. The molecule has 228 valence electrons. The molecule has 1 N–H and O–H groups in total. The Labute approximate surface area is 259 Å². The van der Waals surface area contributed by atoms with E-state index in [2.05, 4.69) is 32.9 Å². The van der Waals surface area contributed by atoms with E-state index >= 15 is 8.78 Å². The number of fused-ring (bicyclic) bond motifs is 4. The summed E-state index contributed by atoms with van der Waals surface area (Å²) in [6.07, 6.45) is 10.0. The Hall–Kier alpha value is -3.36. The lowest BCUT2D eigenvalue weighted by molar-refractivity contribution is 0.0231. The molecule has 1 saturated carbocycles. The van der Waals surface area contributed by atoms with Crippen molar-refractivity contribution in [3.8, 4) is 29.5 Å². The van der Waals surface area contributed by atoms with E-state index in [1.54, 1.807) is 11.4 Å². The Balaban J connectivity index is 1.22. The summed E-state index contributed by atoms with van der Waals surface area (Å²) in [7, 11) is 0. The SMILES string of the molecule is C#Cc1cccc2scc(-c3c(F)cc4c(N5C[C@H]6CC[C@@](C)(C5)N6)nc(OCC5(CN6CCOCC6)CC5)nc4c3F)c12. The van der Waals surface area contributed by atoms with E-state index in [0.29, 0.717) is 53.5 Å². The van der Waals surface area contributed by atoms with Gasteiger partial charge in [-0.05, 0) is 50.8 Å². The van der Waals surface area contributed by atoms with Crippen LogP contribution in [0.3, 0.4) is 0 Å². The van der Waals surface area contributed by atoms with Gasteiger partial charge in [0.25, 0.3) is 0 Å². The Morgan fingerprint density at radius 3 is 2.82 bits per heavy atom. The van der Waals surface area contributed by atoms with Gasteiger partial charge >= 0.3 is 6.01 Å². The van der Waals surface area contributed by atoms with Crippen molar-refractivity contribution < 1.29 is 18.3 Å². The average Bonchev–Trinajstić information content (AvgIpc) is 3.56. The van der Waals surface area contributed by atoms with Gasteiger partial charge in [-0.2, -0.15) is 9.97 Å². The molecule has 7 nitrogen and oxygen atoms in total. The van der Waals surface area contributed by atoms with Crippen molar-refractivity contribution in [3.05, 3.63) is 46.8 Å². The third-order valence-corrected chi connectivity index (χ3v) is 10.8. The molecule has 0 spiro atoms. The number of morpholine rings is 1. The summed E-state index contributed by atoms with van der Waals surface area (Å²) in [5.74, 6) is 1.82. The van der Waals surface area contributed by atoms with Crippen LogP contribution in [0.1, 0.15) is 38.2 Å². The van der Waals surface area contributed by atoms with Crippen LogP contribution in [0.2, 0.25) is 0 Å². The van der Waals surface area contributed by atoms with Gasteiger partial charge in [0.1, 0.15) is 17.2 Å². The average molecular weight is 616 g/mol. The van der Waals surface area contributed by atoms with Crippen molar-refractivity contribution in [2.24, 2.45) is 5.41 Å². The van der Waals surface area contributed by atoms with Crippen LogP contribution >= 0.6 is 11.3 Å². The largest absolute Gasteiger partial charge is 0.463 e. The Kier molecular flexibility index (Phi) is 6.79. The lowest BCUT2D eigenvalue weighted by atomic mass is 9.98. The maximum Gasteiger partial charge on any atom is 0.319 e. The normalized spacial score (nSPS) is 24.6. The number of halogens is 2. The summed E-state index contributed by atoms with van der Waals surface area (Å²) < 4.78 is 45.6. The van der Waals surface area contributed by atoms with Crippen molar-refractivity contribution in [2.45, 2.75) is 44.2 Å². The van der Waals surface area contributed by atoms with E-state index in [1.807, 2.05) is 12.1 Å². The minimum atomic E-state index is -0.723. The molecule has 0 radical (unpaired) electrons. The standard InChI is InChI=1S/C34H35F2N5O2S/c1-3-21-5-4-6-26-27(21)24(17-44-26)28-25(35)15-23-30(29(28)36)37-32(38-31(23)41-16-22-7-8-33(2,18-41)39-22)43-20-34(9-10-34)19-40-11-13-42-14-12-40/h1,4-6,15,17,22,39H,7-14,16,18-20H2,2H3/t22-,33+/m1/s1. The highest BCUT2D eigenvalue weighted by molar-refractivity contribution is 7.17. The summed E-state index contributed by atoms with van der Waals surface area (Å²) in [5.41, 5.74) is 0.923. The number of nitrogens with zero attached hydrogens (tertiary/aromatic N) is 4. The summed E-state index contributed by atoms with van der Waals surface area (Å²) in [4.78, 5) is 14.1. The fourth-order valence-corrected chi connectivity index (χ4v) is 8.36. The van der Waals surface area contributed by atoms with Crippen LogP contribution in [0.15, 0.2) is 29.6 Å². The van der Waals surface area contributed by atoms with Crippen LogP contribution in [0.5, 0.6) is 6.01 Å². The van der Waals surface area contributed by atoms with E-state index in [1.165, 1.54) is 17.4 Å². The molecule has 0 unspecified atom stereocenters. The summed E-state index contributed by atoms with van der Waals surface area (Å²) in [5, 5.41) is 6.51. The number of ether oxygens (including phenoxy) is 2. The first kappa shape index (κ1) is 28.1. The molecule has 3 aliphatic heterocycles. The van der Waals surface area contributed by atoms with Gasteiger partial charge in [0.15, 0.2) is 5.82 Å². The Bertz CT molecular complexity index is 1810. The van der Waals surface area contributed by atoms with E-state index in [4.69, 9.17) is 20.9 Å². The number of nitrogens with one attached hydrogen (secondary N) is 1. The third kappa shape index (κ3) is 4.91. The number of hydrogen-bond acceptors (Lipinski definition) is 8. The highest BCUT2D eigenvalue weighted by atomic mass is 32.1. The van der Waals surface area contributed by atoms with Gasteiger partial charge in [-0.15, -0.1) is 17.8 Å². The first-order valence-electron chi connectivity index (χ1n) is 15.5. The van der Waals surface area contributed by atoms with E-state index in [-0.39, 0.29) is 28.0 Å². The summed E-state index contributed by atoms with van der Waals surface area (Å²) in [6, 6.07) is 7.39. The molecular weight excluding hydrogens is 580 g/mol. The van der Waals surface area contributed by atoms with Gasteiger partial charge in [0.2, 0.25) is 0 Å². The number of anilines is 1. The number of thiophene rings is 1. The van der Waals surface area contributed by atoms with Crippen molar-refractivity contribution in [1.82, 2.24) is 20.2 Å². The molecule has 3 saturated heterocycles. The molecule has 44 heavy (non-hydrogen) atoms. The maximum absolute atomic E-state index is 16.7. The fourth-order valence-electron chi connectivity index (χ4n) is 7.39. The topological polar surface area (TPSA) is 62.8 Å². The molecule has 2 aromatic carbocycles. The molecule has 4 fully saturated rings. The van der Waals surface area contributed by atoms with Crippen LogP contribution in [-0.2, 0) is 4.74 Å². The quantitative estimate of drug-likeness (QED) is 0.272. The van der Waals surface area contributed by atoms with Gasteiger partial charge < -0.3 is 19.7 Å². The number of hydrogen-bond donors (Lipinski definition) is 1. The van der Waals surface area contributed by atoms with Crippen LogP contribution in [0.25, 0.3) is 32.1 Å². The van der Waals surface area contributed by atoms with Crippen molar-refractivity contribution in [2.75, 3.05) is 57.4 Å². The minimum absolute atomic E-state index is 0.0329. The Morgan fingerprint density at radius 2 is 2.05 bits per heavy atom. The van der Waals surface area contributed by atoms with Crippen LogP contribution in [0.4, 0.5) is 14.6 Å². The smallest absolute Gasteiger partial charge is 0.319 e. The lowest BCUT2D eigenvalue weighted by Gasteiger charge is -2.40. The predicted molar refractivity (Wildman–Crippen MR) is 169 cm³/mol. The van der Waals surface area contributed by atoms with Gasteiger partial charge in [-0.1, -0.05) is 12.0 Å². The first-order valence-corrected chi connectivity index (χ1v) is 16.3. The van der Waals surface area contributed by atoms with Crippen LogP contribution in [-0.4, -0.2) is 79.0 Å². The Morgan fingerprint density at radius 1 is 1.20 bits per heavy atom. The zero-order chi connectivity index (χ0) is 30.1. The number of benzene rings is 2. The van der Waals surface area contributed by atoms with Gasteiger partial charge in [0.05, 0.1) is 25.4 Å². The van der Waals surface area contributed by atoms with Crippen molar-refractivity contribution in [1.29, 1.82) is 0 Å². The van der Waals surface area contributed by atoms with E-state index in [0.717, 1.165) is 63.2 Å². The van der Waals surface area contributed by atoms with Gasteiger partial charge in [-0.3, -0.25) is 4.90 Å². The summed E-state index contributed by atoms with van der Waals surface area (Å²) >= 11 is 1.42. The highest BCUT2D eigenvalue weighted by Crippen LogP contribution is 2.47. The molecule has 2 aromatic heterocycles. The van der Waals surface area contributed by atoms with Gasteiger partial charge in [0, 0.05) is 81.7 Å². The molecule has 2 atom stereocenters. The van der Waals surface area contributed by atoms with Crippen molar-refractivity contribution in [3.63, 3.8) is 0 Å².